The predicted octanol–water partition coefficient (Wildman–Crippen LogP) is 3.57. The number of hydrogen-bond acceptors (Lipinski definition) is 3. The maximum Gasteiger partial charge on any atom is 0.0961 e. The summed E-state index contributed by atoms with van der Waals surface area (Å²) in [5, 5.41) is 1.64. The first-order valence-electron chi connectivity index (χ1n) is 5.79. The van der Waals surface area contributed by atoms with E-state index in [1.807, 2.05) is 30.3 Å². The van der Waals surface area contributed by atoms with Crippen molar-refractivity contribution in [2.75, 3.05) is 12.3 Å². The van der Waals surface area contributed by atoms with E-state index >= 15 is 0 Å². The zero-order valence-electron chi connectivity index (χ0n) is 9.92. The van der Waals surface area contributed by atoms with Gasteiger partial charge in [-0.25, -0.2) is 4.98 Å². The normalized spacial score (nSPS) is 12.3. The second kappa shape index (κ2) is 6.78. The Morgan fingerprint density at radius 2 is 1.94 bits per heavy atom. The SMILES string of the molecule is NCC(CSc1ccc(Cl)cn1)c1ccccc1. The van der Waals surface area contributed by atoms with E-state index in [1.165, 1.54) is 5.56 Å². The van der Waals surface area contributed by atoms with E-state index in [9.17, 15) is 0 Å². The molecule has 1 atom stereocenters. The molecule has 0 saturated heterocycles. The molecule has 1 aromatic heterocycles. The van der Waals surface area contributed by atoms with E-state index in [4.69, 9.17) is 17.3 Å². The predicted molar refractivity (Wildman–Crippen MR) is 78.2 cm³/mol. The molecule has 94 valence electrons. The first-order valence-corrected chi connectivity index (χ1v) is 7.15. The summed E-state index contributed by atoms with van der Waals surface area (Å²) in [6, 6.07) is 14.1. The lowest BCUT2D eigenvalue weighted by atomic mass is 10.0. The van der Waals surface area contributed by atoms with Crippen molar-refractivity contribution in [3.63, 3.8) is 0 Å². The van der Waals surface area contributed by atoms with Crippen LogP contribution in [0.2, 0.25) is 5.02 Å². The molecule has 0 radical (unpaired) electrons. The molecule has 0 bridgehead atoms. The Labute approximate surface area is 117 Å². The first-order chi connectivity index (χ1) is 8.79. The summed E-state index contributed by atoms with van der Waals surface area (Å²) in [6.45, 7) is 0.643. The number of halogens is 1. The highest BCUT2D eigenvalue weighted by atomic mass is 35.5. The summed E-state index contributed by atoms with van der Waals surface area (Å²) in [5.74, 6) is 1.28. The van der Waals surface area contributed by atoms with E-state index in [-0.39, 0.29) is 0 Å². The van der Waals surface area contributed by atoms with Crippen LogP contribution in [0.1, 0.15) is 11.5 Å². The molecule has 4 heteroatoms. The van der Waals surface area contributed by atoms with Gasteiger partial charge in [-0.05, 0) is 24.2 Å². The molecule has 1 heterocycles. The molecule has 0 amide bonds. The molecule has 0 fully saturated rings. The van der Waals surface area contributed by atoms with E-state index in [1.54, 1.807) is 18.0 Å². The Morgan fingerprint density at radius 3 is 2.56 bits per heavy atom. The number of benzene rings is 1. The van der Waals surface area contributed by atoms with Crippen LogP contribution < -0.4 is 5.73 Å². The van der Waals surface area contributed by atoms with Crippen molar-refractivity contribution < 1.29 is 0 Å². The summed E-state index contributed by atoms with van der Waals surface area (Å²) in [4.78, 5) is 4.27. The van der Waals surface area contributed by atoms with Gasteiger partial charge in [-0.3, -0.25) is 0 Å². The van der Waals surface area contributed by atoms with Gasteiger partial charge in [0.25, 0.3) is 0 Å². The summed E-state index contributed by atoms with van der Waals surface area (Å²) < 4.78 is 0. The van der Waals surface area contributed by atoms with Gasteiger partial charge >= 0.3 is 0 Å². The third-order valence-corrected chi connectivity index (χ3v) is 4.02. The Morgan fingerprint density at radius 1 is 1.17 bits per heavy atom. The number of thioether (sulfide) groups is 1. The van der Waals surface area contributed by atoms with E-state index in [2.05, 4.69) is 17.1 Å². The quantitative estimate of drug-likeness (QED) is 0.850. The van der Waals surface area contributed by atoms with Crippen molar-refractivity contribution in [3.8, 4) is 0 Å². The maximum absolute atomic E-state index is 5.84. The topological polar surface area (TPSA) is 38.9 Å². The van der Waals surface area contributed by atoms with Crippen molar-refractivity contribution in [2.45, 2.75) is 10.9 Å². The van der Waals surface area contributed by atoms with Crippen molar-refractivity contribution >= 4 is 23.4 Å². The van der Waals surface area contributed by atoms with E-state index in [0.29, 0.717) is 17.5 Å². The van der Waals surface area contributed by atoms with Crippen LogP contribution in [0, 0.1) is 0 Å². The molecular formula is C14H15ClN2S. The van der Waals surface area contributed by atoms with Gasteiger partial charge in [0, 0.05) is 17.9 Å². The number of rotatable bonds is 5. The largest absolute Gasteiger partial charge is 0.330 e. The van der Waals surface area contributed by atoms with Gasteiger partial charge in [-0.1, -0.05) is 41.9 Å². The molecule has 0 spiro atoms. The Kier molecular flexibility index (Phi) is 5.05. The van der Waals surface area contributed by atoms with Crippen molar-refractivity contribution in [3.05, 3.63) is 59.2 Å². The summed E-state index contributed by atoms with van der Waals surface area (Å²) >= 11 is 7.51. The molecule has 1 aromatic carbocycles. The molecule has 18 heavy (non-hydrogen) atoms. The van der Waals surface area contributed by atoms with Crippen molar-refractivity contribution in [1.29, 1.82) is 0 Å². The lowest BCUT2D eigenvalue weighted by molar-refractivity contribution is 0.784. The van der Waals surface area contributed by atoms with Crippen molar-refractivity contribution in [1.82, 2.24) is 4.98 Å². The molecule has 1 unspecified atom stereocenters. The highest BCUT2D eigenvalue weighted by Crippen LogP contribution is 2.24. The zero-order valence-corrected chi connectivity index (χ0v) is 11.5. The van der Waals surface area contributed by atoms with E-state index in [0.717, 1.165) is 10.8 Å². The highest BCUT2D eigenvalue weighted by Gasteiger charge is 2.10. The Hall–Kier alpha value is -1.03. The molecular weight excluding hydrogens is 264 g/mol. The van der Waals surface area contributed by atoms with Crippen LogP contribution >= 0.6 is 23.4 Å². The molecule has 2 nitrogen and oxygen atoms in total. The van der Waals surface area contributed by atoms with Gasteiger partial charge in [-0.2, -0.15) is 0 Å². The summed E-state index contributed by atoms with van der Waals surface area (Å²) in [6.07, 6.45) is 1.67. The Bertz CT molecular complexity index is 473. The van der Waals surface area contributed by atoms with Crippen LogP contribution in [0.5, 0.6) is 0 Å². The molecule has 2 N–H and O–H groups in total. The maximum atomic E-state index is 5.84. The smallest absolute Gasteiger partial charge is 0.0961 e. The number of pyridine rings is 1. The molecule has 0 aliphatic heterocycles. The second-order valence-corrected chi connectivity index (χ2v) is 5.45. The number of hydrogen-bond donors (Lipinski definition) is 1. The fourth-order valence-electron chi connectivity index (χ4n) is 1.66. The molecule has 0 aliphatic rings. The van der Waals surface area contributed by atoms with E-state index < -0.39 is 0 Å². The number of nitrogens with two attached hydrogens (primary N) is 1. The van der Waals surface area contributed by atoms with Gasteiger partial charge in [0.1, 0.15) is 0 Å². The fourth-order valence-corrected chi connectivity index (χ4v) is 2.76. The number of nitrogens with zero attached hydrogens (tertiary/aromatic N) is 1. The average molecular weight is 279 g/mol. The zero-order chi connectivity index (χ0) is 12.8. The van der Waals surface area contributed by atoms with Gasteiger partial charge < -0.3 is 5.73 Å². The third kappa shape index (κ3) is 3.73. The van der Waals surface area contributed by atoms with Gasteiger partial charge in [0.2, 0.25) is 0 Å². The molecule has 2 aromatic rings. The van der Waals surface area contributed by atoms with Crippen LogP contribution in [0.3, 0.4) is 0 Å². The molecule has 0 saturated carbocycles. The minimum absolute atomic E-state index is 0.355. The fraction of sp³-hybridized carbons (Fsp3) is 0.214. The van der Waals surface area contributed by atoms with Crippen LogP contribution in [-0.4, -0.2) is 17.3 Å². The standard InChI is InChI=1S/C14H15ClN2S/c15-13-6-7-14(17-9-13)18-10-12(8-16)11-4-2-1-3-5-11/h1-7,9,12H,8,10,16H2. The lowest BCUT2D eigenvalue weighted by Gasteiger charge is -2.14. The molecule has 2 rings (SSSR count). The number of aromatic nitrogens is 1. The minimum atomic E-state index is 0.355. The van der Waals surface area contributed by atoms with Gasteiger partial charge in [0.15, 0.2) is 0 Å². The third-order valence-electron chi connectivity index (χ3n) is 2.69. The second-order valence-electron chi connectivity index (χ2n) is 3.97. The Balaban J connectivity index is 1.97. The monoisotopic (exact) mass is 278 g/mol. The van der Waals surface area contributed by atoms with Crippen LogP contribution in [0.25, 0.3) is 0 Å². The van der Waals surface area contributed by atoms with Gasteiger partial charge in [-0.15, -0.1) is 11.8 Å². The van der Waals surface area contributed by atoms with Crippen LogP contribution in [0.4, 0.5) is 0 Å². The first kappa shape index (κ1) is 13.4. The summed E-state index contributed by atoms with van der Waals surface area (Å²) in [5.41, 5.74) is 7.12. The lowest BCUT2D eigenvalue weighted by Crippen LogP contribution is -2.14. The highest BCUT2D eigenvalue weighted by molar-refractivity contribution is 7.99. The van der Waals surface area contributed by atoms with Crippen LogP contribution in [0.15, 0.2) is 53.7 Å². The molecule has 0 aliphatic carbocycles. The van der Waals surface area contributed by atoms with Crippen molar-refractivity contribution in [2.24, 2.45) is 5.73 Å². The van der Waals surface area contributed by atoms with Crippen LogP contribution in [-0.2, 0) is 0 Å². The average Bonchev–Trinajstić information content (AvgIpc) is 2.43. The van der Waals surface area contributed by atoms with Gasteiger partial charge in [0.05, 0.1) is 10.0 Å². The minimum Gasteiger partial charge on any atom is -0.330 e. The summed E-state index contributed by atoms with van der Waals surface area (Å²) in [7, 11) is 0.